The number of aliphatic hydroxyl groups is 5. The Morgan fingerprint density at radius 3 is 1.04 bits per heavy atom. The van der Waals surface area contributed by atoms with Gasteiger partial charge in [0.2, 0.25) is 0 Å². The van der Waals surface area contributed by atoms with Gasteiger partial charge in [0.25, 0.3) is 0 Å². The molecular formula is C12H18O15. The van der Waals surface area contributed by atoms with Crippen LogP contribution in [-0.2, 0) is 24.0 Å². The molecule has 0 saturated heterocycles. The third-order valence-electron chi connectivity index (χ3n) is 2.79. The first-order valence-corrected chi connectivity index (χ1v) is 6.64. The monoisotopic (exact) mass is 402 g/mol. The van der Waals surface area contributed by atoms with Crippen LogP contribution in [0.3, 0.4) is 0 Å². The summed E-state index contributed by atoms with van der Waals surface area (Å²) < 4.78 is 0. The van der Waals surface area contributed by atoms with E-state index in [-0.39, 0.29) is 0 Å². The first-order valence-electron chi connectivity index (χ1n) is 6.64. The van der Waals surface area contributed by atoms with E-state index >= 15 is 0 Å². The number of aliphatic hydroxyl groups excluding tert-OH is 4. The normalized spacial score (nSPS) is 15.3. The molecule has 156 valence electrons. The first-order chi connectivity index (χ1) is 12.1. The zero-order chi connectivity index (χ0) is 22.1. The molecule has 4 unspecified atom stereocenters. The number of carbonyl (C=O) groups is 5. The average Bonchev–Trinajstić information content (AvgIpc) is 2.50. The van der Waals surface area contributed by atoms with Crippen molar-refractivity contribution in [2.45, 2.75) is 42.9 Å². The molecule has 0 heterocycles. The van der Waals surface area contributed by atoms with E-state index in [2.05, 4.69) is 0 Å². The summed E-state index contributed by atoms with van der Waals surface area (Å²) in [6.45, 7) is 0. The summed E-state index contributed by atoms with van der Waals surface area (Å²) >= 11 is 0. The Bertz CT molecular complexity index is 529. The molecule has 0 aromatic heterocycles. The number of rotatable bonds is 10. The van der Waals surface area contributed by atoms with E-state index in [1.807, 2.05) is 0 Å². The molecule has 0 aliphatic rings. The topological polar surface area (TPSA) is 288 Å². The van der Waals surface area contributed by atoms with Gasteiger partial charge < -0.3 is 51.1 Å². The van der Waals surface area contributed by atoms with Gasteiger partial charge in [0, 0.05) is 0 Å². The van der Waals surface area contributed by atoms with Gasteiger partial charge in [-0.1, -0.05) is 0 Å². The molecule has 0 aromatic rings. The summed E-state index contributed by atoms with van der Waals surface area (Å²) in [5, 5.41) is 85.3. The smallest absolute Gasteiger partial charge is 0.336 e. The summed E-state index contributed by atoms with van der Waals surface area (Å²) in [5.74, 6) is -8.70. The highest BCUT2D eigenvalue weighted by molar-refractivity contribution is 5.88. The maximum Gasteiger partial charge on any atom is 0.336 e. The van der Waals surface area contributed by atoms with Crippen molar-refractivity contribution in [3.8, 4) is 0 Å². The van der Waals surface area contributed by atoms with Crippen molar-refractivity contribution >= 4 is 29.8 Å². The predicted molar refractivity (Wildman–Crippen MR) is 76.4 cm³/mol. The highest BCUT2D eigenvalue weighted by Crippen LogP contribution is 2.15. The van der Waals surface area contributed by atoms with Gasteiger partial charge in [-0.15, -0.1) is 0 Å². The van der Waals surface area contributed by atoms with Crippen LogP contribution in [0.5, 0.6) is 0 Å². The highest BCUT2D eigenvalue weighted by atomic mass is 16.4. The summed E-state index contributed by atoms with van der Waals surface area (Å²) in [7, 11) is 0. The fourth-order valence-corrected chi connectivity index (χ4v) is 1.38. The molecule has 0 aliphatic carbocycles. The minimum atomic E-state index is -2.74. The SMILES string of the molecule is O=C(O)C(O)C(O)C(O)C(O)C(=O)O.O=C(O)CC(O)(CC(=O)O)C(=O)O. The lowest BCUT2D eigenvalue weighted by molar-refractivity contribution is -0.172. The molecule has 15 nitrogen and oxygen atoms in total. The molecule has 0 aromatic carbocycles. The Balaban J connectivity index is 0. The van der Waals surface area contributed by atoms with Crippen molar-refractivity contribution in [2.24, 2.45) is 0 Å². The summed E-state index contributed by atoms with van der Waals surface area (Å²) in [6, 6.07) is 0. The van der Waals surface area contributed by atoms with Crippen molar-refractivity contribution in [3.05, 3.63) is 0 Å². The molecule has 10 N–H and O–H groups in total. The van der Waals surface area contributed by atoms with Gasteiger partial charge in [-0.2, -0.15) is 0 Å². The third-order valence-corrected chi connectivity index (χ3v) is 2.79. The van der Waals surface area contributed by atoms with Crippen molar-refractivity contribution in [1.29, 1.82) is 0 Å². The van der Waals surface area contributed by atoms with Crippen LogP contribution >= 0.6 is 0 Å². The maximum absolute atomic E-state index is 10.3. The summed E-state index contributed by atoms with van der Waals surface area (Å²) in [6.07, 6.45) is -11.6. The molecule has 0 spiro atoms. The average molecular weight is 402 g/mol. The fraction of sp³-hybridized carbons (Fsp3) is 0.583. The lowest BCUT2D eigenvalue weighted by atomic mass is 9.96. The maximum atomic E-state index is 10.3. The quantitative estimate of drug-likeness (QED) is 0.164. The Morgan fingerprint density at radius 2 is 0.889 bits per heavy atom. The minimum Gasteiger partial charge on any atom is -0.481 e. The van der Waals surface area contributed by atoms with Crippen LogP contribution < -0.4 is 0 Å². The molecule has 0 rings (SSSR count). The number of carboxylic acids is 5. The molecule has 0 amide bonds. The van der Waals surface area contributed by atoms with E-state index in [4.69, 9.17) is 51.1 Å². The van der Waals surface area contributed by atoms with Crippen molar-refractivity contribution in [2.75, 3.05) is 0 Å². The van der Waals surface area contributed by atoms with Gasteiger partial charge in [-0.05, 0) is 0 Å². The predicted octanol–water partition coefficient (Wildman–Crippen LogP) is -4.65. The van der Waals surface area contributed by atoms with Crippen LogP contribution in [0.2, 0.25) is 0 Å². The van der Waals surface area contributed by atoms with E-state index in [0.29, 0.717) is 0 Å². The van der Waals surface area contributed by atoms with Crippen LogP contribution in [0.25, 0.3) is 0 Å². The van der Waals surface area contributed by atoms with Gasteiger partial charge in [0.15, 0.2) is 17.8 Å². The Morgan fingerprint density at radius 1 is 0.630 bits per heavy atom. The molecule has 4 atom stereocenters. The number of carboxylic acid groups (broad SMARTS) is 5. The Kier molecular flexibility index (Phi) is 10.7. The van der Waals surface area contributed by atoms with Crippen LogP contribution in [0, 0.1) is 0 Å². The molecule has 27 heavy (non-hydrogen) atoms. The second kappa shape index (κ2) is 11.0. The van der Waals surface area contributed by atoms with Crippen LogP contribution in [0.4, 0.5) is 0 Å². The zero-order valence-electron chi connectivity index (χ0n) is 13.2. The fourth-order valence-electron chi connectivity index (χ4n) is 1.38. The number of hydrogen-bond acceptors (Lipinski definition) is 10. The number of hydrogen-bond donors (Lipinski definition) is 10. The second-order valence-corrected chi connectivity index (χ2v) is 5.03. The van der Waals surface area contributed by atoms with Gasteiger partial charge in [0.05, 0.1) is 12.8 Å². The van der Waals surface area contributed by atoms with E-state index in [1.165, 1.54) is 0 Å². The molecular weight excluding hydrogens is 384 g/mol. The largest absolute Gasteiger partial charge is 0.481 e. The Labute approximate surface area is 149 Å². The second-order valence-electron chi connectivity index (χ2n) is 5.03. The van der Waals surface area contributed by atoms with E-state index in [1.54, 1.807) is 0 Å². The lowest BCUT2D eigenvalue weighted by Crippen LogP contribution is -2.49. The van der Waals surface area contributed by atoms with Crippen molar-refractivity contribution in [3.63, 3.8) is 0 Å². The van der Waals surface area contributed by atoms with Gasteiger partial charge in [-0.3, -0.25) is 9.59 Å². The number of aliphatic carboxylic acids is 5. The van der Waals surface area contributed by atoms with Gasteiger partial charge >= 0.3 is 29.8 Å². The minimum absolute atomic E-state index is 1.14. The Hall–Kier alpha value is -2.85. The molecule has 0 saturated carbocycles. The summed E-state index contributed by atoms with van der Waals surface area (Å²) in [5.41, 5.74) is -2.74. The third kappa shape index (κ3) is 9.42. The van der Waals surface area contributed by atoms with Crippen LogP contribution in [0.1, 0.15) is 12.8 Å². The van der Waals surface area contributed by atoms with Gasteiger partial charge in [0.1, 0.15) is 12.2 Å². The lowest BCUT2D eigenvalue weighted by Gasteiger charge is -2.21. The standard InChI is InChI=1S/C6H10O8.C6H8O7/c7-1(3(9)5(11)12)2(8)4(10)6(13)14;7-3(8)1-6(13,5(11)12)2-4(9)10/h1-4,7-10H,(H,11,12)(H,13,14);13H,1-2H2,(H,7,8)(H,9,10)(H,11,12). The van der Waals surface area contributed by atoms with Crippen LogP contribution in [-0.4, -0.2) is 111 Å². The molecule has 0 radical (unpaired) electrons. The molecule has 15 heteroatoms. The highest BCUT2D eigenvalue weighted by Gasteiger charge is 2.41. The van der Waals surface area contributed by atoms with Gasteiger partial charge in [-0.25, -0.2) is 14.4 Å². The van der Waals surface area contributed by atoms with E-state index in [9.17, 15) is 24.0 Å². The molecule has 0 aliphatic heterocycles. The first kappa shape index (κ1) is 26.4. The van der Waals surface area contributed by atoms with Crippen molar-refractivity contribution < 1.29 is 75.0 Å². The van der Waals surface area contributed by atoms with Crippen LogP contribution in [0.15, 0.2) is 0 Å². The van der Waals surface area contributed by atoms with E-state index in [0.717, 1.165) is 0 Å². The van der Waals surface area contributed by atoms with E-state index < -0.39 is 72.7 Å². The molecule has 0 fully saturated rings. The zero-order valence-corrected chi connectivity index (χ0v) is 13.2. The summed E-state index contributed by atoms with van der Waals surface area (Å²) in [4.78, 5) is 50.7. The van der Waals surface area contributed by atoms with Crippen molar-refractivity contribution in [1.82, 2.24) is 0 Å². The molecule has 0 bridgehead atoms.